The van der Waals surface area contributed by atoms with Crippen molar-refractivity contribution in [2.45, 2.75) is 51.6 Å². The van der Waals surface area contributed by atoms with Gasteiger partial charge >= 0.3 is 6.03 Å². The van der Waals surface area contributed by atoms with E-state index in [2.05, 4.69) is 20.1 Å². The molecule has 1 fully saturated rings. The number of carbonyl (C=O) groups excluding carboxylic acids is 2. The smallest absolute Gasteiger partial charge is 0.321 e. The molecule has 1 atom stereocenters. The van der Waals surface area contributed by atoms with E-state index in [-0.39, 0.29) is 18.0 Å². The summed E-state index contributed by atoms with van der Waals surface area (Å²) in [7, 11) is 0. The van der Waals surface area contributed by atoms with Crippen LogP contribution in [-0.4, -0.2) is 56.1 Å². The number of anilines is 1. The molecule has 2 aliphatic rings. The highest BCUT2D eigenvalue weighted by atomic mass is 35.5. The minimum absolute atomic E-state index is 0.0315. The lowest BCUT2D eigenvalue weighted by molar-refractivity contribution is -0.135. The molecule has 0 spiro atoms. The van der Waals surface area contributed by atoms with Crippen molar-refractivity contribution in [2.24, 2.45) is 0 Å². The van der Waals surface area contributed by atoms with Gasteiger partial charge in [-0.25, -0.2) is 4.79 Å². The van der Waals surface area contributed by atoms with Crippen LogP contribution >= 0.6 is 11.6 Å². The first kappa shape index (κ1) is 20.7. The first-order valence-corrected chi connectivity index (χ1v) is 11.0. The fraction of sp³-hybridized carbons (Fsp3) is 0.524. The monoisotopic (exact) mass is 430 g/mol. The first-order valence-electron chi connectivity index (χ1n) is 10.6. The van der Waals surface area contributed by atoms with Crippen LogP contribution in [0.2, 0.25) is 5.02 Å². The van der Waals surface area contributed by atoms with Gasteiger partial charge in [0.15, 0.2) is 5.82 Å². The average molecular weight is 431 g/mol. The van der Waals surface area contributed by atoms with Gasteiger partial charge in [-0.3, -0.25) is 4.79 Å². The van der Waals surface area contributed by atoms with Gasteiger partial charge in [-0.05, 0) is 31.4 Å². The third kappa shape index (κ3) is 4.14. The second-order valence-electron chi connectivity index (χ2n) is 7.73. The van der Waals surface area contributed by atoms with Crippen molar-refractivity contribution < 1.29 is 9.59 Å². The summed E-state index contributed by atoms with van der Waals surface area (Å²) in [6, 6.07) is 6.99. The Morgan fingerprint density at radius 3 is 2.77 bits per heavy atom. The molecule has 0 bridgehead atoms. The number of piperidine rings is 1. The van der Waals surface area contributed by atoms with Crippen LogP contribution in [0, 0.1) is 0 Å². The Labute approximate surface area is 181 Å². The van der Waals surface area contributed by atoms with Gasteiger partial charge in [0.1, 0.15) is 5.82 Å². The number of amides is 3. The van der Waals surface area contributed by atoms with Gasteiger partial charge in [-0.2, -0.15) is 0 Å². The predicted octanol–water partition coefficient (Wildman–Crippen LogP) is 3.49. The number of carbonyl (C=O) groups is 2. The van der Waals surface area contributed by atoms with E-state index < -0.39 is 0 Å². The average Bonchev–Trinajstić information content (AvgIpc) is 3.05. The van der Waals surface area contributed by atoms with Crippen LogP contribution in [0.25, 0.3) is 0 Å². The molecule has 0 aliphatic carbocycles. The van der Waals surface area contributed by atoms with Gasteiger partial charge in [0.25, 0.3) is 0 Å². The molecule has 160 valence electrons. The lowest BCUT2D eigenvalue weighted by Crippen LogP contribution is -2.40. The Bertz CT molecular complexity index is 930. The zero-order valence-electron chi connectivity index (χ0n) is 17.2. The summed E-state index contributed by atoms with van der Waals surface area (Å²) < 4.78 is 2.11. The number of hydrogen-bond donors (Lipinski definition) is 1. The Morgan fingerprint density at radius 2 is 1.97 bits per heavy atom. The molecule has 1 aromatic heterocycles. The van der Waals surface area contributed by atoms with Crippen LogP contribution in [0.3, 0.4) is 0 Å². The van der Waals surface area contributed by atoms with Crippen molar-refractivity contribution >= 4 is 29.2 Å². The fourth-order valence-electron chi connectivity index (χ4n) is 4.25. The van der Waals surface area contributed by atoms with Gasteiger partial charge in [0.2, 0.25) is 5.91 Å². The van der Waals surface area contributed by atoms with Crippen LogP contribution in [0.1, 0.15) is 50.3 Å². The zero-order chi connectivity index (χ0) is 21.1. The lowest BCUT2D eigenvalue weighted by atomic mass is 10.0. The number of nitrogens with one attached hydrogen (secondary N) is 1. The number of hydrogen-bond acceptors (Lipinski definition) is 4. The van der Waals surface area contributed by atoms with Crippen molar-refractivity contribution in [3.05, 3.63) is 40.9 Å². The lowest BCUT2D eigenvalue weighted by Gasteiger charge is -2.35. The normalized spacial score (nSPS) is 19.2. The van der Waals surface area contributed by atoms with E-state index in [4.69, 9.17) is 11.6 Å². The highest BCUT2D eigenvalue weighted by Crippen LogP contribution is 2.31. The van der Waals surface area contributed by atoms with Crippen LogP contribution in [0.4, 0.5) is 10.5 Å². The second-order valence-corrected chi connectivity index (χ2v) is 8.13. The van der Waals surface area contributed by atoms with E-state index in [1.807, 2.05) is 24.0 Å². The van der Waals surface area contributed by atoms with Crippen molar-refractivity contribution in [1.82, 2.24) is 24.6 Å². The van der Waals surface area contributed by atoms with Gasteiger partial charge in [0.05, 0.1) is 16.8 Å². The van der Waals surface area contributed by atoms with Gasteiger partial charge in [0, 0.05) is 39.0 Å². The van der Waals surface area contributed by atoms with Crippen LogP contribution < -0.4 is 5.32 Å². The quantitative estimate of drug-likeness (QED) is 0.807. The topological polar surface area (TPSA) is 83.4 Å². The number of aromatic nitrogens is 3. The molecule has 3 heterocycles. The largest absolute Gasteiger partial charge is 0.332 e. The maximum atomic E-state index is 12.8. The molecular formula is C21H27ClN6O2. The van der Waals surface area contributed by atoms with Gasteiger partial charge in [-0.1, -0.05) is 30.7 Å². The highest BCUT2D eigenvalue weighted by Gasteiger charge is 2.32. The molecule has 3 amide bonds. The number of urea groups is 1. The molecule has 1 N–H and O–H groups in total. The summed E-state index contributed by atoms with van der Waals surface area (Å²) in [5.74, 6) is 1.87. The Kier molecular flexibility index (Phi) is 6.22. The number of halogens is 1. The molecule has 1 unspecified atom stereocenters. The van der Waals surface area contributed by atoms with Crippen molar-refractivity contribution in [3.63, 3.8) is 0 Å². The number of rotatable bonds is 3. The summed E-state index contributed by atoms with van der Waals surface area (Å²) in [5.41, 5.74) is 0.601. The number of fused-ring (bicyclic) bond motifs is 1. The fourth-order valence-corrected chi connectivity index (χ4v) is 4.44. The Balaban J connectivity index is 1.48. The van der Waals surface area contributed by atoms with Gasteiger partial charge in [-0.15, -0.1) is 10.2 Å². The molecule has 30 heavy (non-hydrogen) atoms. The van der Waals surface area contributed by atoms with E-state index >= 15 is 0 Å². The maximum absolute atomic E-state index is 12.8. The summed E-state index contributed by atoms with van der Waals surface area (Å²) >= 11 is 6.17. The minimum Gasteiger partial charge on any atom is -0.332 e. The molecule has 4 rings (SSSR count). The van der Waals surface area contributed by atoms with Crippen molar-refractivity contribution in [3.8, 4) is 0 Å². The summed E-state index contributed by atoms with van der Waals surface area (Å²) in [6.07, 6.45) is 4.12. The molecule has 0 saturated carbocycles. The first-order chi connectivity index (χ1) is 14.6. The van der Waals surface area contributed by atoms with E-state index in [9.17, 15) is 9.59 Å². The number of nitrogens with zero attached hydrogens (tertiary/aromatic N) is 5. The standard InChI is InChI=1S/C21H27ClN6O2/c1-2-19(29)27-11-6-5-9-17(27)20-25-24-18-10-12-26(13-14-28(18)20)21(30)23-16-8-4-3-7-15(16)22/h3-4,7-8,17H,2,5-6,9-14H2,1H3,(H,23,30). The van der Waals surface area contributed by atoms with E-state index in [0.29, 0.717) is 43.2 Å². The Morgan fingerprint density at radius 1 is 1.13 bits per heavy atom. The molecule has 1 saturated heterocycles. The molecule has 8 nitrogen and oxygen atoms in total. The number of para-hydroxylation sites is 1. The second kappa shape index (κ2) is 9.04. The van der Waals surface area contributed by atoms with Crippen molar-refractivity contribution in [2.75, 3.05) is 25.0 Å². The minimum atomic E-state index is -0.177. The third-order valence-corrected chi connectivity index (χ3v) is 6.21. The third-order valence-electron chi connectivity index (χ3n) is 5.88. The van der Waals surface area contributed by atoms with E-state index in [1.165, 1.54) is 0 Å². The highest BCUT2D eigenvalue weighted by molar-refractivity contribution is 6.33. The van der Waals surface area contributed by atoms with Crippen LogP contribution in [0.15, 0.2) is 24.3 Å². The summed E-state index contributed by atoms with van der Waals surface area (Å²) in [5, 5.41) is 12.3. The zero-order valence-corrected chi connectivity index (χ0v) is 17.9. The molecule has 9 heteroatoms. The maximum Gasteiger partial charge on any atom is 0.321 e. The van der Waals surface area contributed by atoms with Crippen molar-refractivity contribution in [1.29, 1.82) is 0 Å². The van der Waals surface area contributed by atoms with Gasteiger partial charge < -0.3 is 19.7 Å². The predicted molar refractivity (Wildman–Crippen MR) is 114 cm³/mol. The number of benzene rings is 1. The molecule has 2 aliphatic heterocycles. The molecule has 1 aromatic carbocycles. The van der Waals surface area contributed by atoms with Crippen LogP contribution in [-0.2, 0) is 17.8 Å². The number of likely N-dealkylation sites (tertiary alicyclic amines) is 1. The summed E-state index contributed by atoms with van der Waals surface area (Å²) in [6.45, 7) is 4.37. The van der Waals surface area contributed by atoms with E-state index in [1.54, 1.807) is 17.0 Å². The van der Waals surface area contributed by atoms with E-state index in [0.717, 1.165) is 37.5 Å². The Hall–Kier alpha value is -2.61. The molecule has 2 aromatic rings. The SMILES string of the molecule is CCC(=O)N1CCCCC1c1nnc2n1CCN(C(=O)Nc1ccccc1Cl)CC2. The summed E-state index contributed by atoms with van der Waals surface area (Å²) in [4.78, 5) is 28.9. The molecule has 0 radical (unpaired) electrons. The van der Waals surface area contributed by atoms with Crippen LogP contribution in [0.5, 0.6) is 0 Å². The molecular weight excluding hydrogens is 404 g/mol.